The summed E-state index contributed by atoms with van der Waals surface area (Å²) in [7, 11) is 1.11. The Bertz CT molecular complexity index is 534. The first kappa shape index (κ1) is 16.3. The third-order valence-electron chi connectivity index (χ3n) is 3.66. The van der Waals surface area contributed by atoms with Crippen molar-refractivity contribution in [1.29, 1.82) is 0 Å². The summed E-state index contributed by atoms with van der Waals surface area (Å²) in [4.78, 5) is 24.9. The van der Waals surface area contributed by atoms with E-state index in [2.05, 4.69) is 4.74 Å². The molecule has 2 rings (SSSR count). The van der Waals surface area contributed by atoms with E-state index in [1.165, 1.54) is 4.90 Å². The zero-order valence-corrected chi connectivity index (χ0v) is 12.3. The molecule has 0 aliphatic carbocycles. The second-order valence-electron chi connectivity index (χ2n) is 5.18. The minimum atomic E-state index is -2.13. The predicted octanol–water partition coefficient (Wildman–Crippen LogP) is 0.294. The fraction of sp³-hybridized carbons (Fsp3) is 0.467. The normalized spacial score (nSPS) is 24.7. The second-order valence-corrected chi connectivity index (χ2v) is 5.18. The van der Waals surface area contributed by atoms with Crippen molar-refractivity contribution in [2.45, 2.75) is 24.7 Å². The number of esters is 1. The monoisotopic (exact) mass is 309 g/mol. The van der Waals surface area contributed by atoms with Gasteiger partial charge in [0.15, 0.2) is 0 Å². The molecule has 1 heterocycles. The van der Waals surface area contributed by atoms with Gasteiger partial charge in [0.05, 0.1) is 19.8 Å². The van der Waals surface area contributed by atoms with E-state index < -0.39 is 23.8 Å². The molecule has 1 aromatic carbocycles. The van der Waals surface area contributed by atoms with Crippen LogP contribution in [0.5, 0.6) is 0 Å². The molecule has 120 valence electrons. The van der Waals surface area contributed by atoms with E-state index in [1.807, 2.05) is 30.3 Å². The number of methoxy groups -OCH3 is 1. The maximum Gasteiger partial charge on any atom is 0.410 e. The number of benzene rings is 1. The highest BCUT2D eigenvalue weighted by molar-refractivity contribution is 5.81. The van der Waals surface area contributed by atoms with Crippen LogP contribution >= 0.6 is 0 Å². The van der Waals surface area contributed by atoms with Crippen molar-refractivity contribution in [3.8, 4) is 0 Å². The number of hydrogen-bond donors (Lipinski definition) is 2. The summed E-state index contributed by atoms with van der Waals surface area (Å²) in [6.45, 7) is -0.0854. The number of β-amino-alcohol motifs (C(OH)–C–C–N with tert-alkyl or cyclic N) is 1. The van der Waals surface area contributed by atoms with E-state index in [4.69, 9.17) is 4.74 Å². The van der Waals surface area contributed by atoms with E-state index in [0.29, 0.717) is 0 Å². The van der Waals surface area contributed by atoms with E-state index >= 15 is 0 Å². The highest BCUT2D eigenvalue weighted by atomic mass is 16.6. The lowest BCUT2D eigenvalue weighted by molar-refractivity contribution is -0.183. The summed E-state index contributed by atoms with van der Waals surface area (Å²) in [5.74, 6) is -0.972. The Balaban J connectivity index is 1.97. The number of rotatable bonds is 3. The lowest BCUT2D eigenvalue weighted by Gasteiger charge is -2.39. The quantitative estimate of drug-likeness (QED) is 0.779. The average molecular weight is 309 g/mol. The molecule has 0 spiro atoms. The molecule has 1 aliphatic rings. The summed E-state index contributed by atoms with van der Waals surface area (Å²) in [6.07, 6.45) is -1.87. The smallest absolute Gasteiger partial charge is 0.410 e. The predicted molar refractivity (Wildman–Crippen MR) is 75.8 cm³/mol. The third kappa shape index (κ3) is 3.37. The first-order valence-corrected chi connectivity index (χ1v) is 6.92. The Labute approximate surface area is 128 Å². The van der Waals surface area contributed by atoms with Gasteiger partial charge in [-0.05, 0) is 12.0 Å². The van der Waals surface area contributed by atoms with Crippen LogP contribution in [0.3, 0.4) is 0 Å². The number of piperidine rings is 1. The van der Waals surface area contributed by atoms with Gasteiger partial charge in [-0.1, -0.05) is 30.3 Å². The number of carbonyl (C=O) groups is 2. The summed E-state index contributed by atoms with van der Waals surface area (Å²) in [5.41, 5.74) is -1.30. The fourth-order valence-corrected chi connectivity index (χ4v) is 2.34. The standard InChI is InChI=1S/C15H19NO6/c1-21-13(18)15(20)10-16(8-7-12(15)17)14(19)22-9-11-5-3-2-4-6-11/h2-6,12,17,20H,7-10H2,1H3/t12-,15+/m0/s1. The highest BCUT2D eigenvalue weighted by Crippen LogP contribution is 2.24. The molecule has 0 radical (unpaired) electrons. The number of amides is 1. The molecule has 22 heavy (non-hydrogen) atoms. The molecule has 0 unspecified atom stereocenters. The van der Waals surface area contributed by atoms with Gasteiger partial charge in [-0.2, -0.15) is 0 Å². The Morgan fingerprint density at radius 1 is 1.36 bits per heavy atom. The molecule has 2 atom stereocenters. The second kappa shape index (κ2) is 6.76. The Hall–Kier alpha value is -2.12. The van der Waals surface area contributed by atoms with E-state index in [9.17, 15) is 19.8 Å². The van der Waals surface area contributed by atoms with Gasteiger partial charge in [0.2, 0.25) is 5.60 Å². The topological polar surface area (TPSA) is 96.3 Å². The first-order chi connectivity index (χ1) is 10.5. The maximum absolute atomic E-state index is 12.0. The van der Waals surface area contributed by atoms with E-state index in [-0.39, 0.29) is 26.1 Å². The van der Waals surface area contributed by atoms with Crippen molar-refractivity contribution < 1.29 is 29.3 Å². The number of nitrogens with zero attached hydrogens (tertiary/aromatic N) is 1. The Morgan fingerprint density at radius 2 is 2.05 bits per heavy atom. The zero-order chi connectivity index (χ0) is 16.2. The van der Waals surface area contributed by atoms with Crippen LogP contribution in [0.1, 0.15) is 12.0 Å². The van der Waals surface area contributed by atoms with Crippen LogP contribution < -0.4 is 0 Å². The van der Waals surface area contributed by atoms with Gasteiger partial charge in [0.25, 0.3) is 0 Å². The van der Waals surface area contributed by atoms with Gasteiger partial charge in [0, 0.05) is 6.54 Å². The molecule has 0 bridgehead atoms. The molecular weight excluding hydrogens is 290 g/mol. The number of likely N-dealkylation sites (tertiary alicyclic amines) is 1. The van der Waals surface area contributed by atoms with E-state index in [1.54, 1.807) is 0 Å². The largest absolute Gasteiger partial charge is 0.467 e. The number of aliphatic hydroxyl groups is 2. The minimum absolute atomic E-state index is 0.0615. The first-order valence-electron chi connectivity index (χ1n) is 6.92. The number of carbonyl (C=O) groups excluding carboxylic acids is 2. The van der Waals surface area contributed by atoms with Crippen LogP contribution in [-0.2, 0) is 20.9 Å². The molecule has 0 aromatic heterocycles. The molecule has 0 saturated carbocycles. The van der Waals surface area contributed by atoms with Gasteiger partial charge in [0.1, 0.15) is 6.61 Å². The summed E-state index contributed by atoms with van der Waals surface area (Å²) >= 11 is 0. The van der Waals surface area contributed by atoms with Crippen LogP contribution in [0.2, 0.25) is 0 Å². The Kier molecular flexibility index (Phi) is 4.99. The van der Waals surface area contributed by atoms with Gasteiger partial charge < -0.3 is 24.6 Å². The number of hydrogen-bond acceptors (Lipinski definition) is 6. The molecule has 1 fully saturated rings. The van der Waals surface area contributed by atoms with Crippen LogP contribution in [0.4, 0.5) is 4.79 Å². The van der Waals surface area contributed by atoms with Gasteiger partial charge in [-0.25, -0.2) is 9.59 Å². The maximum atomic E-state index is 12.0. The van der Waals surface area contributed by atoms with Gasteiger partial charge in [-0.15, -0.1) is 0 Å². The van der Waals surface area contributed by atoms with E-state index in [0.717, 1.165) is 12.7 Å². The lowest BCUT2D eigenvalue weighted by Crippen LogP contribution is -2.62. The van der Waals surface area contributed by atoms with Crippen LogP contribution in [0.15, 0.2) is 30.3 Å². The zero-order valence-electron chi connectivity index (χ0n) is 12.3. The van der Waals surface area contributed by atoms with Crippen LogP contribution in [0, 0.1) is 0 Å². The van der Waals surface area contributed by atoms with Crippen LogP contribution in [0.25, 0.3) is 0 Å². The SMILES string of the molecule is COC(=O)[C@@]1(O)CN(C(=O)OCc2ccccc2)CC[C@@H]1O. The van der Waals surface area contributed by atoms with Crippen molar-refractivity contribution in [2.75, 3.05) is 20.2 Å². The molecular formula is C15H19NO6. The molecule has 1 aromatic rings. The minimum Gasteiger partial charge on any atom is -0.467 e. The van der Waals surface area contributed by atoms with Gasteiger partial charge >= 0.3 is 12.1 Å². The summed E-state index contributed by atoms with van der Waals surface area (Å²) in [5, 5.41) is 20.0. The van der Waals surface area contributed by atoms with Crippen molar-refractivity contribution in [3.63, 3.8) is 0 Å². The molecule has 7 heteroatoms. The van der Waals surface area contributed by atoms with Crippen molar-refractivity contribution in [1.82, 2.24) is 4.90 Å². The van der Waals surface area contributed by atoms with Crippen molar-refractivity contribution in [2.24, 2.45) is 0 Å². The highest BCUT2D eigenvalue weighted by Gasteiger charge is 2.50. The molecule has 1 saturated heterocycles. The average Bonchev–Trinajstić information content (AvgIpc) is 2.55. The summed E-state index contributed by atoms with van der Waals surface area (Å²) in [6, 6.07) is 9.15. The fourth-order valence-electron chi connectivity index (χ4n) is 2.34. The molecule has 7 nitrogen and oxygen atoms in total. The van der Waals surface area contributed by atoms with Crippen molar-refractivity contribution in [3.05, 3.63) is 35.9 Å². The summed E-state index contributed by atoms with van der Waals surface area (Å²) < 4.78 is 9.64. The molecule has 1 amide bonds. The lowest BCUT2D eigenvalue weighted by atomic mass is 9.90. The van der Waals surface area contributed by atoms with Gasteiger partial charge in [-0.3, -0.25) is 0 Å². The molecule has 1 aliphatic heterocycles. The number of ether oxygens (including phenoxy) is 2. The van der Waals surface area contributed by atoms with Crippen LogP contribution in [-0.4, -0.2) is 59.1 Å². The number of aliphatic hydroxyl groups excluding tert-OH is 1. The third-order valence-corrected chi connectivity index (χ3v) is 3.66. The van der Waals surface area contributed by atoms with Crippen molar-refractivity contribution >= 4 is 12.1 Å². The molecule has 2 N–H and O–H groups in total. The Morgan fingerprint density at radius 3 is 2.68 bits per heavy atom.